The Morgan fingerprint density at radius 3 is 2.90 bits per heavy atom. The van der Waals surface area contributed by atoms with E-state index in [1.54, 1.807) is 6.07 Å². The second-order valence-electron chi connectivity index (χ2n) is 6.01. The van der Waals surface area contributed by atoms with Crippen LogP contribution in [0.5, 0.6) is 0 Å². The predicted molar refractivity (Wildman–Crippen MR) is 74.6 cm³/mol. The third kappa shape index (κ3) is 3.59. The maximum Gasteiger partial charge on any atom is 0.290 e. The molecule has 1 aliphatic rings. The standard InChI is InChI=1S/C14H21N3O3/c1-9(2)5-11-6-12(19-17-11)13(18)15-8-14(4)7-10(3)16-20-14/h6,9H,5,7-8H2,1-4H3,(H,15,18)/t14-/m1/s1. The molecule has 0 bridgehead atoms. The third-order valence-electron chi connectivity index (χ3n) is 3.07. The number of rotatable bonds is 5. The molecule has 0 unspecified atom stereocenters. The predicted octanol–water partition coefficient (Wildman–Crippen LogP) is 2.16. The summed E-state index contributed by atoms with van der Waals surface area (Å²) < 4.78 is 5.07. The highest BCUT2D eigenvalue weighted by Gasteiger charge is 2.33. The van der Waals surface area contributed by atoms with Gasteiger partial charge in [-0.25, -0.2) is 0 Å². The molecule has 1 amide bonds. The van der Waals surface area contributed by atoms with Crippen LogP contribution in [0.4, 0.5) is 0 Å². The van der Waals surface area contributed by atoms with E-state index < -0.39 is 5.60 Å². The molecule has 1 atom stereocenters. The van der Waals surface area contributed by atoms with Crippen LogP contribution in [0.25, 0.3) is 0 Å². The number of aromatic nitrogens is 1. The second-order valence-corrected chi connectivity index (χ2v) is 6.01. The van der Waals surface area contributed by atoms with E-state index in [9.17, 15) is 4.79 Å². The Hall–Kier alpha value is -1.85. The van der Waals surface area contributed by atoms with Crippen LogP contribution in [0.15, 0.2) is 15.7 Å². The largest absolute Gasteiger partial charge is 0.387 e. The Balaban J connectivity index is 1.87. The molecule has 0 radical (unpaired) electrons. The van der Waals surface area contributed by atoms with Crippen molar-refractivity contribution in [2.75, 3.05) is 6.54 Å². The number of nitrogens with one attached hydrogen (secondary N) is 1. The maximum absolute atomic E-state index is 12.0. The first-order chi connectivity index (χ1) is 9.38. The minimum Gasteiger partial charge on any atom is -0.387 e. The Kier molecular flexibility index (Phi) is 4.11. The molecule has 1 aromatic rings. The van der Waals surface area contributed by atoms with Crippen molar-refractivity contribution in [1.29, 1.82) is 0 Å². The molecule has 20 heavy (non-hydrogen) atoms. The number of carbonyl (C=O) groups excluding carboxylic acids is 1. The van der Waals surface area contributed by atoms with E-state index >= 15 is 0 Å². The molecule has 6 heteroatoms. The first kappa shape index (κ1) is 14.6. The minimum absolute atomic E-state index is 0.236. The average Bonchev–Trinajstić information content (AvgIpc) is 2.94. The van der Waals surface area contributed by atoms with Gasteiger partial charge in [0.25, 0.3) is 5.91 Å². The smallest absolute Gasteiger partial charge is 0.290 e. The number of carbonyl (C=O) groups is 1. The SMILES string of the molecule is CC1=NO[C@@](C)(CNC(=O)c2cc(CC(C)C)no2)C1. The maximum atomic E-state index is 12.0. The lowest BCUT2D eigenvalue weighted by Crippen LogP contribution is -2.40. The Bertz CT molecular complexity index is 521. The Labute approximate surface area is 118 Å². The monoisotopic (exact) mass is 279 g/mol. The molecule has 0 saturated carbocycles. The minimum atomic E-state index is -0.472. The molecular formula is C14H21N3O3. The van der Waals surface area contributed by atoms with Gasteiger partial charge in [0.1, 0.15) is 0 Å². The number of amides is 1. The second kappa shape index (κ2) is 5.64. The lowest BCUT2D eigenvalue weighted by Gasteiger charge is -2.21. The fraction of sp³-hybridized carbons (Fsp3) is 0.643. The first-order valence-electron chi connectivity index (χ1n) is 6.83. The summed E-state index contributed by atoms with van der Waals surface area (Å²) in [6, 6.07) is 1.69. The highest BCUT2D eigenvalue weighted by atomic mass is 16.7. The zero-order valence-electron chi connectivity index (χ0n) is 12.4. The molecular weight excluding hydrogens is 258 g/mol. The van der Waals surface area contributed by atoms with Crippen LogP contribution < -0.4 is 5.32 Å². The first-order valence-corrected chi connectivity index (χ1v) is 6.83. The number of hydrogen-bond acceptors (Lipinski definition) is 5. The topological polar surface area (TPSA) is 76.7 Å². The van der Waals surface area contributed by atoms with Gasteiger partial charge in [0.05, 0.1) is 18.0 Å². The molecule has 0 saturated heterocycles. The van der Waals surface area contributed by atoms with Gasteiger partial charge < -0.3 is 14.7 Å². The number of oxime groups is 1. The van der Waals surface area contributed by atoms with Crippen LogP contribution in [0.2, 0.25) is 0 Å². The summed E-state index contributed by atoms with van der Waals surface area (Å²) in [6.45, 7) is 8.39. The van der Waals surface area contributed by atoms with Crippen molar-refractivity contribution < 1.29 is 14.2 Å². The summed E-state index contributed by atoms with van der Waals surface area (Å²) in [5, 5.41) is 10.6. The normalized spacial score (nSPS) is 21.8. The molecule has 1 aromatic heterocycles. The summed E-state index contributed by atoms with van der Waals surface area (Å²) in [6.07, 6.45) is 1.51. The lowest BCUT2D eigenvalue weighted by molar-refractivity contribution is -0.00204. The molecule has 2 heterocycles. The molecule has 2 rings (SSSR count). The van der Waals surface area contributed by atoms with Crippen LogP contribution >= 0.6 is 0 Å². The summed E-state index contributed by atoms with van der Waals surface area (Å²) in [7, 11) is 0. The fourth-order valence-electron chi connectivity index (χ4n) is 2.18. The summed E-state index contributed by atoms with van der Waals surface area (Å²) in [5.41, 5.74) is 1.26. The van der Waals surface area contributed by atoms with E-state index in [-0.39, 0.29) is 11.7 Å². The van der Waals surface area contributed by atoms with E-state index in [2.05, 4.69) is 29.5 Å². The number of nitrogens with zero attached hydrogens (tertiary/aromatic N) is 2. The van der Waals surface area contributed by atoms with Gasteiger partial charge in [0.15, 0.2) is 5.60 Å². The van der Waals surface area contributed by atoms with Crippen LogP contribution in [-0.4, -0.2) is 28.9 Å². The van der Waals surface area contributed by atoms with Gasteiger partial charge in [0, 0.05) is 12.5 Å². The van der Waals surface area contributed by atoms with Crippen molar-refractivity contribution in [3.8, 4) is 0 Å². The molecule has 0 fully saturated rings. The lowest BCUT2D eigenvalue weighted by atomic mass is 10.0. The average molecular weight is 279 g/mol. The molecule has 110 valence electrons. The van der Waals surface area contributed by atoms with E-state index in [0.717, 1.165) is 17.8 Å². The summed E-state index contributed by atoms with van der Waals surface area (Å²) in [4.78, 5) is 17.3. The van der Waals surface area contributed by atoms with Gasteiger partial charge >= 0.3 is 0 Å². The number of hydrogen-bond donors (Lipinski definition) is 1. The van der Waals surface area contributed by atoms with Crippen molar-refractivity contribution in [2.24, 2.45) is 11.1 Å². The zero-order chi connectivity index (χ0) is 14.8. The zero-order valence-corrected chi connectivity index (χ0v) is 12.4. The summed E-state index contributed by atoms with van der Waals surface area (Å²) in [5.74, 6) is 0.434. The van der Waals surface area contributed by atoms with Crippen LogP contribution in [0.3, 0.4) is 0 Å². The molecule has 0 aromatic carbocycles. The molecule has 0 aliphatic carbocycles. The highest BCUT2D eigenvalue weighted by Crippen LogP contribution is 2.22. The van der Waals surface area contributed by atoms with E-state index in [0.29, 0.717) is 18.9 Å². The van der Waals surface area contributed by atoms with Crippen molar-refractivity contribution in [3.05, 3.63) is 17.5 Å². The summed E-state index contributed by atoms with van der Waals surface area (Å²) >= 11 is 0. The van der Waals surface area contributed by atoms with Crippen LogP contribution in [0, 0.1) is 5.92 Å². The van der Waals surface area contributed by atoms with E-state index in [1.165, 1.54) is 0 Å². The van der Waals surface area contributed by atoms with Gasteiger partial charge in [-0.05, 0) is 26.2 Å². The molecule has 0 spiro atoms. The fourth-order valence-corrected chi connectivity index (χ4v) is 2.18. The third-order valence-corrected chi connectivity index (χ3v) is 3.07. The van der Waals surface area contributed by atoms with Crippen molar-refractivity contribution in [2.45, 2.75) is 46.1 Å². The van der Waals surface area contributed by atoms with Gasteiger partial charge in [-0.15, -0.1) is 0 Å². The molecule has 6 nitrogen and oxygen atoms in total. The highest BCUT2D eigenvalue weighted by molar-refractivity contribution is 5.91. The van der Waals surface area contributed by atoms with Crippen molar-refractivity contribution in [1.82, 2.24) is 10.5 Å². The Morgan fingerprint density at radius 2 is 2.30 bits per heavy atom. The Morgan fingerprint density at radius 1 is 1.55 bits per heavy atom. The van der Waals surface area contributed by atoms with Gasteiger partial charge in [0.2, 0.25) is 5.76 Å². The molecule has 1 N–H and O–H groups in total. The van der Waals surface area contributed by atoms with Gasteiger partial charge in [-0.1, -0.05) is 24.2 Å². The van der Waals surface area contributed by atoms with Gasteiger partial charge in [-0.3, -0.25) is 4.79 Å². The van der Waals surface area contributed by atoms with Crippen LogP contribution in [0.1, 0.15) is 50.4 Å². The van der Waals surface area contributed by atoms with E-state index in [4.69, 9.17) is 9.36 Å². The van der Waals surface area contributed by atoms with Crippen molar-refractivity contribution in [3.63, 3.8) is 0 Å². The quantitative estimate of drug-likeness (QED) is 0.896. The van der Waals surface area contributed by atoms with Crippen LogP contribution in [-0.2, 0) is 11.3 Å². The van der Waals surface area contributed by atoms with Gasteiger partial charge in [-0.2, -0.15) is 0 Å². The van der Waals surface area contributed by atoms with Crippen molar-refractivity contribution >= 4 is 11.6 Å². The van der Waals surface area contributed by atoms with E-state index in [1.807, 2.05) is 13.8 Å². The molecule has 1 aliphatic heterocycles.